The molecule has 0 bridgehead atoms. The van der Waals surface area contributed by atoms with Gasteiger partial charge in [0.1, 0.15) is 0 Å². The summed E-state index contributed by atoms with van der Waals surface area (Å²) in [5.74, 6) is 0. The minimum atomic E-state index is 1.12. The molecule has 0 atom stereocenters. The van der Waals surface area contributed by atoms with Crippen molar-refractivity contribution in [2.24, 2.45) is 0 Å². The molecule has 0 saturated carbocycles. The van der Waals surface area contributed by atoms with Crippen LogP contribution in [0.3, 0.4) is 0 Å². The van der Waals surface area contributed by atoms with Gasteiger partial charge in [-0.2, -0.15) is 0 Å². The summed E-state index contributed by atoms with van der Waals surface area (Å²) in [5, 5.41) is 0. The molecule has 7 aromatic rings. The SMILES string of the molecule is Cc1ccc(N(c2ccc(C)cc2)c2cc(-c3ccc(-c4ccccc4)cc3)cc(-c3ccc(-c4ccccc4)cc3)c2)cc1. The Labute approximate surface area is 266 Å². The topological polar surface area (TPSA) is 3.24 Å². The van der Waals surface area contributed by atoms with Gasteiger partial charge in [0.2, 0.25) is 0 Å². The summed E-state index contributed by atoms with van der Waals surface area (Å²) in [6.07, 6.45) is 0. The van der Waals surface area contributed by atoms with Gasteiger partial charge in [0, 0.05) is 17.1 Å². The second kappa shape index (κ2) is 12.5. The maximum Gasteiger partial charge on any atom is 0.0473 e. The van der Waals surface area contributed by atoms with Crippen LogP contribution in [0.4, 0.5) is 17.1 Å². The second-order valence-corrected chi connectivity index (χ2v) is 11.7. The highest BCUT2D eigenvalue weighted by atomic mass is 15.1. The van der Waals surface area contributed by atoms with Gasteiger partial charge < -0.3 is 4.90 Å². The van der Waals surface area contributed by atoms with Gasteiger partial charge in [-0.15, -0.1) is 0 Å². The van der Waals surface area contributed by atoms with Gasteiger partial charge in [0.05, 0.1) is 0 Å². The molecule has 0 aliphatic rings. The first-order valence-electron chi connectivity index (χ1n) is 15.5. The van der Waals surface area contributed by atoms with Crippen LogP contribution in [0.15, 0.2) is 176 Å². The predicted molar refractivity (Wildman–Crippen MR) is 192 cm³/mol. The summed E-state index contributed by atoms with van der Waals surface area (Å²) in [6.45, 7) is 4.27. The van der Waals surface area contributed by atoms with Crippen LogP contribution in [-0.2, 0) is 0 Å². The molecule has 0 unspecified atom stereocenters. The van der Waals surface area contributed by atoms with Crippen molar-refractivity contribution < 1.29 is 0 Å². The van der Waals surface area contributed by atoms with Crippen LogP contribution >= 0.6 is 0 Å². The Hall–Kier alpha value is -5.66. The van der Waals surface area contributed by atoms with Gasteiger partial charge in [-0.1, -0.05) is 145 Å². The molecule has 0 spiro atoms. The van der Waals surface area contributed by atoms with E-state index in [0.29, 0.717) is 0 Å². The Morgan fingerprint density at radius 3 is 0.933 bits per heavy atom. The number of benzene rings is 7. The third-order valence-electron chi connectivity index (χ3n) is 8.41. The van der Waals surface area contributed by atoms with E-state index < -0.39 is 0 Å². The van der Waals surface area contributed by atoms with Crippen molar-refractivity contribution in [3.05, 3.63) is 187 Å². The first-order chi connectivity index (χ1) is 22.1. The van der Waals surface area contributed by atoms with Crippen molar-refractivity contribution in [3.8, 4) is 44.5 Å². The van der Waals surface area contributed by atoms with E-state index in [1.807, 2.05) is 0 Å². The number of hydrogen-bond donors (Lipinski definition) is 0. The van der Waals surface area contributed by atoms with Crippen molar-refractivity contribution in [2.45, 2.75) is 13.8 Å². The van der Waals surface area contributed by atoms with Crippen LogP contribution in [-0.4, -0.2) is 0 Å². The van der Waals surface area contributed by atoms with E-state index in [1.54, 1.807) is 0 Å². The lowest BCUT2D eigenvalue weighted by Crippen LogP contribution is -2.10. The molecule has 7 aromatic carbocycles. The molecule has 45 heavy (non-hydrogen) atoms. The number of rotatable bonds is 7. The average Bonchev–Trinajstić information content (AvgIpc) is 3.11. The van der Waals surface area contributed by atoms with E-state index in [9.17, 15) is 0 Å². The quantitative estimate of drug-likeness (QED) is 0.182. The number of anilines is 3. The lowest BCUT2D eigenvalue weighted by Gasteiger charge is -2.27. The molecule has 1 heteroatoms. The van der Waals surface area contributed by atoms with Gasteiger partial charge in [-0.3, -0.25) is 0 Å². The van der Waals surface area contributed by atoms with Crippen molar-refractivity contribution in [1.29, 1.82) is 0 Å². The van der Waals surface area contributed by atoms with Crippen LogP contribution in [0.25, 0.3) is 44.5 Å². The van der Waals surface area contributed by atoms with Crippen LogP contribution in [0.5, 0.6) is 0 Å². The average molecular weight is 578 g/mol. The standard InChI is InChI=1S/C44H35N/c1-32-13-25-42(26-14-32)45(43-27-15-33(2)16-28-43)44-30-40(38-21-17-36(18-22-38)34-9-5-3-6-10-34)29-41(31-44)39-23-19-37(20-24-39)35-11-7-4-8-12-35/h3-31H,1-2H3. The summed E-state index contributed by atoms with van der Waals surface area (Å²) >= 11 is 0. The third-order valence-corrected chi connectivity index (χ3v) is 8.41. The van der Waals surface area contributed by atoms with Gasteiger partial charge in [0.25, 0.3) is 0 Å². The van der Waals surface area contributed by atoms with Crippen molar-refractivity contribution in [3.63, 3.8) is 0 Å². The Kier molecular flexibility index (Phi) is 7.83. The smallest absolute Gasteiger partial charge is 0.0473 e. The summed E-state index contributed by atoms with van der Waals surface area (Å²) in [4.78, 5) is 2.36. The summed E-state index contributed by atoms with van der Waals surface area (Å²) in [7, 11) is 0. The molecule has 1 nitrogen and oxygen atoms in total. The fraction of sp³-hybridized carbons (Fsp3) is 0.0455. The molecule has 0 radical (unpaired) electrons. The van der Waals surface area contributed by atoms with Crippen LogP contribution in [0.1, 0.15) is 11.1 Å². The third kappa shape index (κ3) is 6.20. The zero-order valence-corrected chi connectivity index (χ0v) is 25.7. The molecule has 0 N–H and O–H groups in total. The number of aryl methyl sites for hydroxylation is 2. The molecular formula is C44H35N. The van der Waals surface area contributed by atoms with Gasteiger partial charge in [0.15, 0.2) is 0 Å². The lowest BCUT2D eigenvalue weighted by molar-refractivity contribution is 1.27. The predicted octanol–water partition coefficient (Wildman–Crippen LogP) is 12.4. The Morgan fingerprint density at radius 1 is 0.267 bits per heavy atom. The van der Waals surface area contributed by atoms with Gasteiger partial charge in [-0.05, 0) is 101 Å². The molecule has 0 fully saturated rings. The van der Waals surface area contributed by atoms with Crippen molar-refractivity contribution in [1.82, 2.24) is 0 Å². The first-order valence-corrected chi connectivity index (χ1v) is 15.5. The maximum atomic E-state index is 2.36. The highest BCUT2D eigenvalue weighted by Gasteiger charge is 2.16. The molecule has 7 rings (SSSR count). The van der Waals surface area contributed by atoms with Crippen molar-refractivity contribution >= 4 is 17.1 Å². The number of nitrogens with zero attached hydrogens (tertiary/aromatic N) is 1. The van der Waals surface area contributed by atoms with Gasteiger partial charge in [-0.25, -0.2) is 0 Å². The largest absolute Gasteiger partial charge is 0.310 e. The minimum Gasteiger partial charge on any atom is -0.310 e. The molecule has 0 amide bonds. The van der Waals surface area contributed by atoms with E-state index in [1.165, 1.54) is 55.6 Å². The van der Waals surface area contributed by atoms with E-state index in [2.05, 4.69) is 195 Å². The second-order valence-electron chi connectivity index (χ2n) is 11.7. The zero-order chi connectivity index (χ0) is 30.6. The molecule has 0 aliphatic carbocycles. The van der Waals surface area contributed by atoms with E-state index in [-0.39, 0.29) is 0 Å². The monoisotopic (exact) mass is 577 g/mol. The molecule has 216 valence electrons. The minimum absolute atomic E-state index is 1.12. The molecule has 0 heterocycles. The van der Waals surface area contributed by atoms with Crippen LogP contribution in [0, 0.1) is 13.8 Å². The highest BCUT2D eigenvalue weighted by molar-refractivity contribution is 5.86. The van der Waals surface area contributed by atoms with Crippen molar-refractivity contribution in [2.75, 3.05) is 4.90 Å². The maximum absolute atomic E-state index is 2.36. The summed E-state index contributed by atoms with van der Waals surface area (Å²) in [5.41, 5.74) is 15.5. The van der Waals surface area contributed by atoms with Gasteiger partial charge >= 0.3 is 0 Å². The first kappa shape index (κ1) is 28.1. The van der Waals surface area contributed by atoms with E-state index in [0.717, 1.165) is 17.1 Å². The normalized spacial score (nSPS) is 10.9. The van der Waals surface area contributed by atoms with E-state index >= 15 is 0 Å². The fourth-order valence-corrected chi connectivity index (χ4v) is 5.88. The lowest BCUT2D eigenvalue weighted by atomic mass is 9.94. The fourth-order valence-electron chi connectivity index (χ4n) is 5.88. The summed E-state index contributed by atoms with van der Waals surface area (Å²) < 4.78 is 0. The molecular weight excluding hydrogens is 542 g/mol. The highest BCUT2D eigenvalue weighted by Crippen LogP contribution is 2.40. The number of hydrogen-bond acceptors (Lipinski definition) is 1. The molecule has 0 saturated heterocycles. The Balaban J connectivity index is 1.37. The Morgan fingerprint density at radius 2 is 0.578 bits per heavy atom. The molecule has 0 aromatic heterocycles. The molecule has 0 aliphatic heterocycles. The zero-order valence-electron chi connectivity index (χ0n) is 25.7. The van der Waals surface area contributed by atoms with Crippen LogP contribution < -0.4 is 4.90 Å². The summed E-state index contributed by atoms with van der Waals surface area (Å²) in [6, 6.07) is 63.5. The van der Waals surface area contributed by atoms with E-state index in [4.69, 9.17) is 0 Å². The Bertz CT molecular complexity index is 1860. The van der Waals surface area contributed by atoms with Crippen LogP contribution in [0.2, 0.25) is 0 Å².